The summed E-state index contributed by atoms with van der Waals surface area (Å²) in [6, 6.07) is 7.71. The van der Waals surface area contributed by atoms with Gasteiger partial charge in [-0.1, -0.05) is 24.0 Å². The van der Waals surface area contributed by atoms with E-state index in [9.17, 15) is 4.79 Å². The molecule has 0 aliphatic rings. The van der Waals surface area contributed by atoms with Crippen LogP contribution in [0.1, 0.15) is 31.9 Å². The number of thiophene rings is 1. The van der Waals surface area contributed by atoms with Gasteiger partial charge in [0.2, 0.25) is 0 Å². The minimum absolute atomic E-state index is 0.0534. The number of benzene rings is 1. The highest BCUT2D eigenvalue weighted by Crippen LogP contribution is 2.17. The Balaban J connectivity index is 2.08. The number of hydrogen-bond donors (Lipinski definition) is 2. The molecule has 4 heteroatoms. The van der Waals surface area contributed by atoms with Crippen LogP contribution in [0.15, 0.2) is 29.6 Å². The van der Waals surface area contributed by atoms with E-state index in [4.69, 9.17) is 5.73 Å². The smallest absolute Gasteiger partial charge is 0.251 e. The van der Waals surface area contributed by atoms with Gasteiger partial charge in [0, 0.05) is 16.0 Å². The number of amides is 1. The third kappa shape index (κ3) is 3.72. The van der Waals surface area contributed by atoms with Crippen molar-refractivity contribution in [3.05, 3.63) is 56.8 Å². The normalized spacial score (nSPS) is 9.86. The van der Waals surface area contributed by atoms with E-state index in [0.717, 1.165) is 27.1 Å². The number of nitrogens with one attached hydrogen (secondary N) is 1. The number of nitrogens with two attached hydrogens (primary N) is 1. The highest BCUT2D eigenvalue weighted by atomic mass is 32.1. The second-order valence-electron chi connectivity index (χ2n) is 4.69. The lowest BCUT2D eigenvalue weighted by Gasteiger charge is -2.09. The summed E-state index contributed by atoms with van der Waals surface area (Å²) in [5, 5.41) is 4.93. The molecule has 3 N–H and O–H groups in total. The largest absolute Gasteiger partial charge is 0.347 e. The molecule has 1 aromatic heterocycles. The first kappa shape index (κ1) is 15.3. The molecule has 0 radical (unpaired) electrons. The van der Waals surface area contributed by atoms with E-state index in [0.29, 0.717) is 13.1 Å². The number of hydrogen-bond acceptors (Lipinski definition) is 3. The zero-order chi connectivity index (χ0) is 15.2. The van der Waals surface area contributed by atoms with Crippen molar-refractivity contribution in [3.63, 3.8) is 0 Å². The van der Waals surface area contributed by atoms with Crippen LogP contribution in [0.2, 0.25) is 0 Å². The summed E-state index contributed by atoms with van der Waals surface area (Å²) in [5.41, 5.74) is 9.18. The van der Waals surface area contributed by atoms with Crippen LogP contribution in [-0.4, -0.2) is 12.5 Å². The summed E-state index contributed by atoms with van der Waals surface area (Å²) in [5.74, 6) is 5.81. The minimum atomic E-state index is -0.0534. The molecule has 0 saturated carbocycles. The van der Waals surface area contributed by atoms with Crippen LogP contribution >= 0.6 is 11.3 Å². The van der Waals surface area contributed by atoms with Crippen LogP contribution in [0.4, 0.5) is 0 Å². The lowest BCUT2D eigenvalue weighted by Crippen LogP contribution is -2.23. The van der Waals surface area contributed by atoms with Crippen molar-refractivity contribution in [1.29, 1.82) is 0 Å². The van der Waals surface area contributed by atoms with E-state index in [1.54, 1.807) is 11.3 Å². The second kappa shape index (κ2) is 7.07. The van der Waals surface area contributed by atoms with Gasteiger partial charge in [-0.05, 0) is 42.5 Å². The predicted molar refractivity (Wildman–Crippen MR) is 87.3 cm³/mol. The van der Waals surface area contributed by atoms with Gasteiger partial charge < -0.3 is 11.1 Å². The third-order valence-corrected chi connectivity index (χ3v) is 4.25. The molecule has 2 rings (SSSR count). The maximum atomic E-state index is 12.3. The van der Waals surface area contributed by atoms with Crippen molar-refractivity contribution >= 4 is 17.2 Å². The Bertz CT molecular complexity index is 707. The molecule has 0 fully saturated rings. The monoisotopic (exact) mass is 298 g/mol. The van der Waals surface area contributed by atoms with Crippen molar-refractivity contribution < 1.29 is 4.79 Å². The summed E-state index contributed by atoms with van der Waals surface area (Å²) in [7, 11) is 0. The molecular weight excluding hydrogens is 280 g/mol. The molecule has 2 aromatic rings. The Hall–Kier alpha value is -2.09. The molecule has 0 spiro atoms. The molecule has 0 bridgehead atoms. The lowest BCUT2D eigenvalue weighted by atomic mass is 10.0. The van der Waals surface area contributed by atoms with Crippen LogP contribution in [-0.2, 0) is 6.54 Å². The Morgan fingerprint density at radius 2 is 2.14 bits per heavy atom. The van der Waals surface area contributed by atoms with Gasteiger partial charge in [0.05, 0.1) is 13.1 Å². The van der Waals surface area contributed by atoms with E-state index in [-0.39, 0.29) is 5.91 Å². The molecule has 1 heterocycles. The van der Waals surface area contributed by atoms with Crippen LogP contribution in [0.5, 0.6) is 0 Å². The first-order valence-electron chi connectivity index (χ1n) is 6.73. The summed E-state index contributed by atoms with van der Waals surface area (Å²) >= 11 is 1.59. The Morgan fingerprint density at radius 3 is 2.90 bits per heavy atom. The zero-order valence-electron chi connectivity index (χ0n) is 12.2. The molecule has 0 atom stereocenters. The predicted octanol–water partition coefficient (Wildman–Crippen LogP) is 2.61. The van der Waals surface area contributed by atoms with Crippen LogP contribution < -0.4 is 11.1 Å². The maximum Gasteiger partial charge on any atom is 0.251 e. The van der Waals surface area contributed by atoms with E-state index in [1.165, 1.54) is 0 Å². The molecule has 3 nitrogen and oxygen atoms in total. The SMILES string of the molecule is Cc1cccc(C(=O)NCc2sccc2C#CCN)c1C. The van der Waals surface area contributed by atoms with Crippen molar-refractivity contribution in [2.45, 2.75) is 20.4 Å². The van der Waals surface area contributed by atoms with Gasteiger partial charge >= 0.3 is 0 Å². The number of aryl methyl sites for hydroxylation is 1. The van der Waals surface area contributed by atoms with Crippen molar-refractivity contribution in [3.8, 4) is 11.8 Å². The van der Waals surface area contributed by atoms with Gasteiger partial charge in [0.25, 0.3) is 5.91 Å². The summed E-state index contributed by atoms with van der Waals surface area (Å²) in [6.07, 6.45) is 0. The zero-order valence-corrected chi connectivity index (χ0v) is 13.0. The molecule has 108 valence electrons. The highest BCUT2D eigenvalue weighted by Gasteiger charge is 2.11. The van der Waals surface area contributed by atoms with Crippen molar-refractivity contribution in [2.24, 2.45) is 5.73 Å². The van der Waals surface area contributed by atoms with Crippen molar-refractivity contribution in [2.75, 3.05) is 6.54 Å². The molecule has 1 aromatic carbocycles. The number of rotatable bonds is 3. The van der Waals surface area contributed by atoms with Crippen LogP contribution in [0, 0.1) is 25.7 Å². The quantitative estimate of drug-likeness (QED) is 0.856. The number of carbonyl (C=O) groups is 1. The van der Waals surface area contributed by atoms with E-state index in [1.807, 2.05) is 43.5 Å². The molecule has 0 unspecified atom stereocenters. The first-order valence-corrected chi connectivity index (χ1v) is 7.61. The van der Waals surface area contributed by atoms with Gasteiger partial charge in [-0.2, -0.15) is 0 Å². The van der Waals surface area contributed by atoms with E-state index in [2.05, 4.69) is 17.2 Å². The first-order chi connectivity index (χ1) is 10.1. The highest BCUT2D eigenvalue weighted by molar-refractivity contribution is 7.10. The maximum absolute atomic E-state index is 12.3. The standard InChI is InChI=1S/C17H18N2OS/c1-12-5-3-7-15(13(12)2)17(20)19-11-16-14(6-4-9-18)8-10-21-16/h3,5,7-8,10H,9,11,18H2,1-2H3,(H,19,20). The average molecular weight is 298 g/mol. The molecular formula is C17H18N2OS. The Morgan fingerprint density at radius 1 is 1.33 bits per heavy atom. The Kier molecular flexibility index (Phi) is 5.15. The van der Waals surface area contributed by atoms with E-state index >= 15 is 0 Å². The van der Waals surface area contributed by atoms with Gasteiger partial charge in [-0.3, -0.25) is 4.79 Å². The fraction of sp³-hybridized carbons (Fsp3) is 0.235. The summed E-state index contributed by atoms with van der Waals surface area (Å²) < 4.78 is 0. The van der Waals surface area contributed by atoms with Gasteiger partial charge in [-0.15, -0.1) is 11.3 Å². The van der Waals surface area contributed by atoms with Gasteiger partial charge in [0.15, 0.2) is 0 Å². The molecule has 21 heavy (non-hydrogen) atoms. The molecule has 0 aliphatic heterocycles. The van der Waals surface area contributed by atoms with Gasteiger partial charge in [-0.25, -0.2) is 0 Å². The molecule has 0 aliphatic carbocycles. The second-order valence-corrected chi connectivity index (χ2v) is 5.69. The topological polar surface area (TPSA) is 55.1 Å². The number of carbonyl (C=O) groups excluding carboxylic acids is 1. The fourth-order valence-corrected chi connectivity index (χ4v) is 2.76. The third-order valence-electron chi connectivity index (χ3n) is 3.33. The average Bonchev–Trinajstić information content (AvgIpc) is 2.93. The van der Waals surface area contributed by atoms with E-state index < -0.39 is 0 Å². The fourth-order valence-electron chi connectivity index (χ4n) is 1.99. The van der Waals surface area contributed by atoms with Crippen LogP contribution in [0.25, 0.3) is 0 Å². The summed E-state index contributed by atoms with van der Waals surface area (Å²) in [6.45, 7) is 4.79. The molecule has 1 amide bonds. The van der Waals surface area contributed by atoms with Gasteiger partial charge in [0.1, 0.15) is 0 Å². The summed E-state index contributed by atoms with van der Waals surface area (Å²) in [4.78, 5) is 13.3. The lowest BCUT2D eigenvalue weighted by molar-refractivity contribution is 0.0950. The molecule has 0 saturated heterocycles. The van der Waals surface area contributed by atoms with Crippen molar-refractivity contribution in [1.82, 2.24) is 5.32 Å². The van der Waals surface area contributed by atoms with Crippen LogP contribution in [0.3, 0.4) is 0 Å². The minimum Gasteiger partial charge on any atom is -0.347 e. The Labute approximate surface area is 129 Å².